The Morgan fingerprint density at radius 1 is 1.45 bits per heavy atom. The van der Waals surface area contributed by atoms with Crippen molar-refractivity contribution in [2.45, 2.75) is 4.83 Å². The third-order valence-corrected chi connectivity index (χ3v) is 2.14. The Bertz CT molecular complexity index is 249. The molecule has 5 heteroatoms. The molecule has 1 aromatic heterocycles. The van der Waals surface area contributed by atoms with Gasteiger partial charge < -0.3 is 4.79 Å². The maximum absolute atomic E-state index is 10.3. The third kappa shape index (κ3) is 2.34. The fraction of sp³-hybridized carbons (Fsp3) is 0.167. The second-order valence-electron chi connectivity index (χ2n) is 1.80. The van der Waals surface area contributed by atoms with E-state index in [0.717, 1.165) is 6.29 Å². The topological polar surface area (TPSA) is 42.9 Å². The summed E-state index contributed by atoms with van der Waals surface area (Å²) in [5.74, 6) is 0. The molecule has 1 rings (SSSR count). The van der Waals surface area contributed by atoms with Gasteiger partial charge >= 0.3 is 0 Å². The van der Waals surface area contributed by atoms with Crippen molar-refractivity contribution >= 4 is 38.1 Å². The Balaban J connectivity index is 2.89. The molecule has 0 spiro atoms. The lowest BCUT2D eigenvalue weighted by Gasteiger charge is -1.98. The highest BCUT2D eigenvalue weighted by Gasteiger charge is 2.06. The van der Waals surface area contributed by atoms with Crippen LogP contribution in [0.3, 0.4) is 0 Å². The Kier molecular flexibility index (Phi) is 3.14. The molecule has 3 nitrogen and oxygen atoms in total. The van der Waals surface area contributed by atoms with Crippen LogP contribution in [-0.4, -0.2) is 16.3 Å². The van der Waals surface area contributed by atoms with E-state index in [2.05, 4.69) is 41.8 Å². The van der Waals surface area contributed by atoms with Gasteiger partial charge in [-0.3, -0.25) is 4.98 Å². The lowest BCUT2D eigenvalue weighted by molar-refractivity contribution is -0.107. The lowest BCUT2D eigenvalue weighted by Crippen LogP contribution is -1.95. The Morgan fingerprint density at radius 2 is 2.18 bits per heavy atom. The summed E-state index contributed by atoms with van der Waals surface area (Å²) in [6, 6.07) is 0. The Hall–Kier alpha value is -0.290. The summed E-state index contributed by atoms with van der Waals surface area (Å²) in [5, 5.41) is 0. The lowest BCUT2D eigenvalue weighted by atomic mass is 10.3. The summed E-state index contributed by atoms with van der Waals surface area (Å²) in [7, 11) is 0. The van der Waals surface area contributed by atoms with Gasteiger partial charge in [0.2, 0.25) is 0 Å². The normalized spacial score (nSPS) is 12.5. The van der Waals surface area contributed by atoms with Gasteiger partial charge in [0.15, 0.2) is 0 Å². The molecule has 0 saturated heterocycles. The van der Waals surface area contributed by atoms with Crippen molar-refractivity contribution in [3.63, 3.8) is 0 Å². The van der Waals surface area contributed by atoms with Crippen LogP contribution >= 0.6 is 31.9 Å². The molecule has 0 bridgehead atoms. The first-order valence-corrected chi connectivity index (χ1v) is 4.51. The monoisotopic (exact) mass is 278 g/mol. The van der Waals surface area contributed by atoms with Crippen LogP contribution in [0.25, 0.3) is 0 Å². The molecule has 0 amide bonds. The minimum atomic E-state index is -0.358. The van der Waals surface area contributed by atoms with Gasteiger partial charge in [0, 0.05) is 0 Å². The molecule has 0 aliphatic rings. The van der Waals surface area contributed by atoms with Crippen LogP contribution < -0.4 is 0 Å². The molecule has 11 heavy (non-hydrogen) atoms. The van der Waals surface area contributed by atoms with Crippen molar-refractivity contribution in [3.8, 4) is 0 Å². The molecule has 0 aliphatic carbocycles. The largest absolute Gasteiger partial charge is 0.302 e. The van der Waals surface area contributed by atoms with E-state index in [1.54, 1.807) is 6.20 Å². The highest BCUT2D eigenvalue weighted by molar-refractivity contribution is 9.10. The molecule has 1 unspecified atom stereocenters. The predicted octanol–water partition coefficient (Wildman–Crippen LogP) is 1.87. The van der Waals surface area contributed by atoms with Crippen LogP contribution in [0.4, 0.5) is 0 Å². The van der Waals surface area contributed by atoms with Crippen LogP contribution in [0.2, 0.25) is 0 Å². The van der Waals surface area contributed by atoms with Crippen LogP contribution in [0, 0.1) is 0 Å². The van der Waals surface area contributed by atoms with Crippen LogP contribution in [0.1, 0.15) is 10.5 Å². The van der Waals surface area contributed by atoms with E-state index in [0.29, 0.717) is 10.3 Å². The van der Waals surface area contributed by atoms with Crippen molar-refractivity contribution in [2.75, 3.05) is 0 Å². The van der Waals surface area contributed by atoms with E-state index in [4.69, 9.17) is 0 Å². The van der Waals surface area contributed by atoms with Gasteiger partial charge in [-0.1, -0.05) is 15.9 Å². The molecule has 0 N–H and O–H groups in total. The maximum atomic E-state index is 10.3. The molecule has 0 aliphatic heterocycles. The van der Waals surface area contributed by atoms with Gasteiger partial charge in [0.05, 0.1) is 18.1 Å². The van der Waals surface area contributed by atoms with E-state index in [1.807, 2.05) is 0 Å². The van der Waals surface area contributed by atoms with Gasteiger partial charge in [-0.05, 0) is 15.9 Å². The first kappa shape index (κ1) is 8.80. The number of carbonyl (C=O) groups excluding carboxylic acids is 1. The van der Waals surface area contributed by atoms with Gasteiger partial charge in [0.1, 0.15) is 15.7 Å². The maximum Gasteiger partial charge on any atom is 0.139 e. The molecular formula is C6H4Br2N2O. The number of hydrogen-bond donors (Lipinski definition) is 0. The number of alkyl halides is 1. The van der Waals surface area contributed by atoms with E-state index in [9.17, 15) is 4.79 Å². The first-order valence-electron chi connectivity index (χ1n) is 2.81. The number of hydrogen-bond acceptors (Lipinski definition) is 3. The van der Waals surface area contributed by atoms with Gasteiger partial charge in [0.25, 0.3) is 0 Å². The van der Waals surface area contributed by atoms with Crippen molar-refractivity contribution in [1.29, 1.82) is 0 Å². The standard InChI is InChI=1S/C6H4Br2N2O/c7-4(3-11)5-1-10-6(8)2-9-5/h1-4H. The second-order valence-corrected chi connectivity index (χ2v) is 3.60. The zero-order valence-corrected chi connectivity index (χ0v) is 8.54. The summed E-state index contributed by atoms with van der Waals surface area (Å²) in [4.78, 5) is 17.8. The molecule has 1 aromatic rings. The number of aromatic nitrogens is 2. The van der Waals surface area contributed by atoms with Crippen molar-refractivity contribution in [1.82, 2.24) is 9.97 Å². The number of nitrogens with zero attached hydrogens (tertiary/aromatic N) is 2. The number of halogens is 2. The summed E-state index contributed by atoms with van der Waals surface area (Å²) in [6.07, 6.45) is 3.85. The average Bonchev–Trinajstić information content (AvgIpc) is 2.05. The van der Waals surface area contributed by atoms with E-state index in [-0.39, 0.29) is 4.83 Å². The van der Waals surface area contributed by atoms with Crippen LogP contribution in [-0.2, 0) is 4.79 Å². The zero-order chi connectivity index (χ0) is 8.27. The summed E-state index contributed by atoms with van der Waals surface area (Å²) in [5.41, 5.74) is 0.614. The Morgan fingerprint density at radius 3 is 2.64 bits per heavy atom. The van der Waals surface area contributed by atoms with Crippen LogP contribution in [0.5, 0.6) is 0 Å². The molecular weight excluding hydrogens is 276 g/mol. The molecule has 1 atom stereocenters. The molecule has 0 radical (unpaired) electrons. The molecule has 0 saturated carbocycles. The zero-order valence-electron chi connectivity index (χ0n) is 5.37. The fourth-order valence-electron chi connectivity index (χ4n) is 0.534. The van der Waals surface area contributed by atoms with Crippen LogP contribution in [0.15, 0.2) is 17.0 Å². The molecule has 58 valence electrons. The highest BCUT2D eigenvalue weighted by Crippen LogP contribution is 2.17. The first-order chi connectivity index (χ1) is 5.24. The van der Waals surface area contributed by atoms with E-state index < -0.39 is 0 Å². The SMILES string of the molecule is O=CC(Br)c1cnc(Br)cn1. The molecule has 0 fully saturated rings. The summed E-state index contributed by atoms with van der Waals surface area (Å²) in [6.45, 7) is 0. The van der Waals surface area contributed by atoms with E-state index >= 15 is 0 Å². The summed E-state index contributed by atoms with van der Waals surface area (Å²) >= 11 is 6.26. The fourth-order valence-corrected chi connectivity index (χ4v) is 0.976. The van der Waals surface area contributed by atoms with E-state index in [1.165, 1.54) is 6.20 Å². The number of aldehydes is 1. The van der Waals surface area contributed by atoms with Crippen molar-refractivity contribution in [3.05, 3.63) is 22.7 Å². The summed E-state index contributed by atoms with van der Waals surface area (Å²) < 4.78 is 0.659. The minimum Gasteiger partial charge on any atom is -0.302 e. The van der Waals surface area contributed by atoms with Gasteiger partial charge in [-0.25, -0.2) is 4.98 Å². The number of carbonyl (C=O) groups is 1. The third-order valence-electron chi connectivity index (χ3n) is 1.04. The molecule has 1 heterocycles. The quantitative estimate of drug-likeness (QED) is 0.613. The second kappa shape index (κ2) is 3.92. The average molecular weight is 280 g/mol. The predicted molar refractivity (Wildman–Crippen MR) is 47.5 cm³/mol. The minimum absolute atomic E-state index is 0.358. The Labute approximate surface area is 80.5 Å². The van der Waals surface area contributed by atoms with Crippen molar-refractivity contribution < 1.29 is 4.79 Å². The smallest absolute Gasteiger partial charge is 0.139 e. The molecule has 0 aromatic carbocycles. The number of rotatable bonds is 2. The van der Waals surface area contributed by atoms with Gasteiger partial charge in [-0.15, -0.1) is 0 Å². The van der Waals surface area contributed by atoms with Gasteiger partial charge in [-0.2, -0.15) is 0 Å². The van der Waals surface area contributed by atoms with Crippen molar-refractivity contribution in [2.24, 2.45) is 0 Å². The highest BCUT2D eigenvalue weighted by atomic mass is 79.9.